The zero-order chi connectivity index (χ0) is 20.6. The average Bonchev–Trinajstić information content (AvgIpc) is 2.62. The van der Waals surface area contributed by atoms with Gasteiger partial charge in [0.05, 0.1) is 11.6 Å². The minimum absolute atomic E-state index is 0.00198. The molecule has 0 saturated heterocycles. The van der Waals surface area contributed by atoms with Crippen LogP contribution >= 0.6 is 11.6 Å². The molecule has 0 radical (unpaired) electrons. The first kappa shape index (κ1) is 19.8. The number of nitrogens with zero attached hydrogens (tertiary/aromatic N) is 1. The Kier molecular flexibility index (Phi) is 5.33. The number of hydrogen-bond acceptors (Lipinski definition) is 2. The van der Waals surface area contributed by atoms with Crippen LogP contribution < -0.4 is 10.6 Å². The second-order valence-electron chi connectivity index (χ2n) is 6.16. The number of anilines is 1. The zero-order valence-corrected chi connectivity index (χ0v) is 15.6. The van der Waals surface area contributed by atoms with Crippen LogP contribution in [0.4, 0.5) is 23.7 Å². The first-order valence-corrected chi connectivity index (χ1v) is 8.53. The number of benzene rings is 2. The van der Waals surface area contributed by atoms with Crippen LogP contribution in [0.15, 0.2) is 47.7 Å². The van der Waals surface area contributed by atoms with Crippen LogP contribution in [-0.4, -0.2) is 23.9 Å². The summed E-state index contributed by atoms with van der Waals surface area (Å²) in [6, 6.07) is 5.15. The van der Waals surface area contributed by atoms with Crippen LogP contribution in [0.5, 0.6) is 0 Å². The highest BCUT2D eigenvalue weighted by Gasteiger charge is 2.36. The van der Waals surface area contributed by atoms with Gasteiger partial charge in [0.2, 0.25) is 0 Å². The van der Waals surface area contributed by atoms with E-state index in [0.717, 1.165) is 18.2 Å². The topological polar surface area (TPSA) is 61.4 Å². The van der Waals surface area contributed by atoms with Crippen molar-refractivity contribution in [3.8, 4) is 0 Å². The summed E-state index contributed by atoms with van der Waals surface area (Å²) < 4.78 is 41.0. The van der Waals surface area contributed by atoms with E-state index in [2.05, 4.69) is 10.6 Å². The lowest BCUT2D eigenvalue weighted by Crippen LogP contribution is -2.47. The smallest absolute Gasteiger partial charge is 0.322 e. The normalized spacial score (nSPS) is 16.9. The number of allylic oxidation sites excluding steroid dienone is 1. The van der Waals surface area contributed by atoms with Crippen molar-refractivity contribution >= 4 is 29.2 Å². The van der Waals surface area contributed by atoms with E-state index in [0.29, 0.717) is 0 Å². The van der Waals surface area contributed by atoms with E-state index in [1.165, 1.54) is 37.1 Å². The molecule has 28 heavy (non-hydrogen) atoms. The van der Waals surface area contributed by atoms with E-state index in [1.807, 2.05) is 0 Å². The van der Waals surface area contributed by atoms with Crippen LogP contribution in [0, 0.1) is 17.5 Å². The molecule has 146 valence electrons. The maximum atomic E-state index is 14.5. The minimum Gasteiger partial charge on any atom is -0.326 e. The van der Waals surface area contributed by atoms with Crippen molar-refractivity contribution in [1.29, 1.82) is 0 Å². The second-order valence-corrected chi connectivity index (χ2v) is 6.57. The van der Waals surface area contributed by atoms with Crippen molar-refractivity contribution in [3.05, 3.63) is 75.7 Å². The van der Waals surface area contributed by atoms with Crippen LogP contribution in [0.1, 0.15) is 18.5 Å². The summed E-state index contributed by atoms with van der Waals surface area (Å²) in [6.07, 6.45) is 0. The highest BCUT2D eigenvalue weighted by molar-refractivity contribution is 6.31. The molecule has 1 aliphatic heterocycles. The molecule has 0 bridgehead atoms. The lowest BCUT2D eigenvalue weighted by molar-refractivity contribution is -0.113. The summed E-state index contributed by atoms with van der Waals surface area (Å²) in [4.78, 5) is 26.3. The molecule has 0 spiro atoms. The van der Waals surface area contributed by atoms with Crippen molar-refractivity contribution in [3.63, 3.8) is 0 Å². The zero-order valence-electron chi connectivity index (χ0n) is 14.8. The van der Waals surface area contributed by atoms with Crippen LogP contribution in [0.2, 0.25) is 5.02 Å². The van der Waals surface area contributed by atoms with Gasteiger partial charge in [0.1, 0.15) is 5.82 Å². The summed E-state index contributed by atoms with van der Waals surface area (Å²) in [6.45, 7) is 1.51. The van der Waals surface area contributed by atoms with Gasteiger partial charge in [0.25, 0.3) is 5.91 Å². The van der Waals surface area contributed by atoms with Gasteiger partial charge < -0.3 is 15.5 Å². The van der Waals surface area contributed by atoms with Crippen LogP contribution in [0.3, 0.4) is 0 Å². The highest BCUT2D eigenvalue weighted by atomic mass is 35.5. The van der Waals surface area contributed by atoms with E-state index in [-0.39, 0.29) is 27.5 Å². The summed E-state index contributed by atoms with van der Waals surface area (Å²) in [7, 11) is 1.44. The van der Waals surface area contributed by atoms with Gasteiger partial charge >= 0.3 is 6.03 Å². The standard InChI is InChI=1S/C19H15ClF3N3O2/c1-9-15(18(27)24-10-6-7-12(21)14(23)8-10)17(25-19(28)26(9)2)16-11(20)4-3-5-13(16)22/h3-8,17H,1-2H3,(H,24,27)(H,25,28)/t17-/m0/s1. The molecule has 2 aromatic rings. The molecule has 3 rings (SSSR count). The maximum Gasteiger partial charge on any atom is 0.322 e. The predicted octanol–water partition coefficient (Wildman–Crippen LogP) is 4.37. The molecule has 3 amide bonds. The van der Waals surface area contributed by atoms with Gasteiger partial charge in [-0.2, -0.15) is 0 Å². The third kappa shape index (κ3) is 3.55. The molecule has 1 atom stereocenters. The van der Waals surface area contributed by atoms with Crippen molar-refractivity contribution in [2.75, 3.05) is 12.4 Å². The largest absolute Gasteiger partial charge is 0.326 e. The molecule has 0 fully saturated rings. The van der Waals surface area contributed by atoms with Crippen LogP contribution in [-0.2, 0) is 4.79 Å². The average molecular weight is 410 g/mol. The molecule has 0 unspecified atom stereocenters. The minimum atomic E-state index is -1.16. The van der Waals surface area contributed by atoms with E-state index >= 15 is 0 Å². The molecule has 2 N–H and O–H groups in total. The predicted molar refractivity (Wildman–Crippen MR) is 98.1 cm³/mol. The van der Waals surface area contributed by atoms with Gasteiger partial charge in [-0.05, 0) is 31.2 Å². The number of urea groups is 1. The number of carbonyl (C=O) groups is 2. The first-order chi connectivity index (χ1) is 13.2. The SMILES string of the molecule is CC1=C(C(=O)Nc2ccc(F)c(F)c2)[C@@H](c2c(F)cccc2Cl)NC(=O)N1C. The summed E-state index contributed by atoms with van der Waals surface area (Å²) in [5, 5.41) is 5.01. The Bertz CT molecular complexity index is 990. The Labute approximate surface area is 163 Å². The molecule has 5 nitrogen and oxygen atoms in total. The molecular formula is C19H15ClF3N3O2. The fraction of sp³-hybridized carbons (Fsp3) is 0.158. The lowest BCUT2D eigenvalue weighted by atomic mass is 9.93. The molecule has 0 aromatic heterocycles. The quantitative estimate of drug-likeness (QED) is 0.791. The number of nitrogens with one attached hydrogen (secondary N) is 2. The number of carbonyl (C=O) groups excluding carboxylic acids is 2. The van der Waals surface area contributed by atoms with Crippen molar-refractivity contribution in [2.45, 2.75) is 13.0 Å². The Morgan fingerprint density at radius 1 is 1.14 bits per heavy atom. The van der Waals surface area contributed by atoms with E-state index in [4.69, 9.17) is 11.6 Å². The number of amides is 3. The van der Waals surface area contributed by atoms with Crippen molar-refractivity contribution in [2.24, 2.45) is 0 Å². The van der Waals surface area contributed by atoms with Crippen molar-refractivity contribution in [1.82, 2.24) is 10.2 Å². The molecule has 1 aliphatic rings. The fourth-order valence-corrected chi connectivity index (χ4v) is 3.18. The lowest BCUT2D eigenvalue weighted by Gasteiger charge is -2.34. The molecule has 0 aliphatic carbocycles. The highest BCUT2D eigenvalue weighted by Crippen LogP contribution is 2.35. The van der Waals surface area contributed by atoms with Gasteiger partial charge in [-0.15, -0.1) is 0 Å². The van der Waals surface area contributed by atoms with Gasteiger partial charge in [-0.3, -0.25) is 4.79 Å². The molecule has 0 saturated carbocycles. The third-order valence-electron chi connectivity index (χ3n) is 4.46. The van der Waals surface area contributed by atoms with Gasteiger partial charge in [-0.25, -0.2) is 18.0 Å². The Morgan fingerprint density at radius 3 is 2.50 bits per heavy atom. The number of rotatable bonds is 3. The third-order valence-corrected chi connectivity index (χ3v) is 4.79. The first-order valence-electron chi connectivity index (χ1n) is 8.16. The summed E-state index contributed by atoms with van der Waals surface area (Å²) in [5.41, 5.74) is 0.203. The van der Waals surface area contributed by atoms with E-state index in [9.17, 15) is 22.8 Å². The fourth-order valence-electron chi connectivity index (χ4n) is 2.91. The molecular weight excluding hydrogens is 395 g/mol. The van der Waals surface area contributed by atoms with Gasteiger partial charge in [-0.1, -0.05) is 17.7 Å². The van der Waals surface area contributed by atoms with Crippen LogP contribution in [0.25, 0.3) is 0 Å². The Morgan fingerprint density at radius 2 is 1.86 bits per heavy atom. The maximum absolute atomic E-state index is 14.5. The van der Waals surface area contributed by atoms with E-state index < -0.39 is 35.4 Å². The number of hydrogen-bond donors (Lipinski definition) is 2. The molecule has 2 aromatic carbocycles. The summed E-state index contributed by atoms with van der Waals surface area (Å²) in [5.74, 6) is -3.62. The summed E-state index contributed by atoms with van der Waals surface area (Å²) >= 11 is 6.11. The van der Waals surface area contributed by atoms with Gasteiger partial charge in [0, 0.05) is 35.1 Å². The molecule has 9 heteroatoms. The van der Waals surface area contributed by atoms with Gasteiger partial charge in [0.15, 0.2) is 11.6 Å². The van der Waals surface area contributed by atoms with E-state index in [1.54, 1.807) is 0 Å². The Balaban J connectivity index is 2.06. The molecule has 1 heterocycles. The Hall–Kier alpha value is -3.00. The monoisotopic (exact) mass is 409 g/mol. The second kappa shape index (κ2) is 7.55. The van der Waals surface area contributed by atoms with Crippen molar-refractivity contribution < 1.29 is 22.8 Å². The number of halogens is 4.